The highest BCUT2D eigenvalue weighted by Crippen LogP contribution is 2.14. The minimum Gasteiger partial charge on any atom is -0.271 e. The second kappa shape index (κ2) is 5.80. The third kappa shape index (κ3) is 2.84. The first-order valence-electron chi connectivity index (χ1n) is 5.45. The lowest BCUT2D eigenvalue weighted by Gasteiger charge is -2.12. The molecule has 0 aliphatic heterocycles. The van der Waals surface area contributed by atoms with Crippen molar-refractivity contribution in [3.8, 4) is 0 Å². The van der Waals surface area contributed by atoms with Gasteiger partial charge >= 0.3 is 0 Å². The first-order chi connectivity index (χ1) is 8.35. The molecular weight excluding hydrogens is 238 g/mol. The van der Waals surface area contributed by atoms with Crippen molar-refractivity contribution in [3.63, 3.8) is 0 Å². The van der Waals surface area contributed by atoms with Crippen LogP contribution in [-0.4, -0.2) is 23.5 Å². The third-order valence-corrected chi connectivity index (χ3v) is 2.95. The van der Waals surface area contributed by atoms with Gasteiger partial charge in [-0.15, -0.1) is 0 Å². The number of nitrogens with one attached hydrogen (secondary N) is 1. The van der Waals surface area contributed by atoms with Crippen LogP contribution in [0.3, 0.4) is 0 Å². The summed E-state index contributed by atoms with van der Waals surface area (Å²) in [6.45, 7) is 2.97. The van der Waals surface area contributed by atoms with Gasteiger partial charge in [0.1, 0.15) is 12.2 Å². The van der Waals surface area contributed by atoms with Crippen LogP contribution in [0, 0.1) is 0 Å². The molecule has 0 saturated carbocycles. The number of rotatable bonds is 6. The maximum atomic E-state index is 5.53. The van der Waals surface area contributed by atoms with Gasteiger partial charge < -0.3 is 0 Å². The van der Waals surface area contributed by atoms with Crippen molar-refractivity contribution in [2.24, 2.45) is 5.84 Å². The van der Waals surface area contributed by atoms with Crippen LogP contribution in [0.15, 0.2) is 12.5 Å². The number of hydrazine groups is 1. The van der Waals surface area contributed by atoms with Crippen molar-refractivity contribution < 1.29 is 0 Å². The van der Waals surface area contributed by atoms with Gasteiger partial charge in [0.2, 0.25) is 0 Å². The topological polar surface area (TPSA) is 94.5 Å². The highest BCUT2D eigenvalue weighted by molar-refractivity contribution is 6.99. The molecule has 0 aromatic carbocycles. The Morgan fingerprint density at radius 1 is 1.59 bits per heavy atom. The molecule has 8 heteroatoms. The zero-order valence-corrected chi connectivity index (χ0v) is 10.4. The summed E-state index contributed by atoms with van der Waals surface area (Å²) < 4.78 is 10.0. The molecule has 3 N–H and O–H groups in total. The van der Waals surface area contributed by atoms with E-state index in [1.165, 1.54) is 11.7 Å². The molecule has 92 valence electrons. The molecule has 0 amide bonds. The summed E-state index contributed by atoms with van der Waals surface area (Å²) in [7, 11) is 0. The highest BCUT2D eigenvalue weighted by Gasteiger charge is 2.16. The van der Waals surface area contributed by atoms with Crippen LogP contribution in [0.4, 0.5) is 0 Å². The van der Waals surface area contributed by atoms with Gasteiger partial charge in [-0.25, -0.2) is 4.98 Å². The van der Waals surface area contributed by atoms with Crippen LogP contribution in [0.25, 0.3) is 0 Å². The second-order valence-corrected chi connectivity index (χ2v) is 4.21. The molecule has 0 fully saturated rings. The average molecular weight is 253 g/mol. The van der Waals surface area contributed by atoms with E-state index in [2.05, 4.69) is 31.2 Å². The van der Waals surface area contributed by atoms with Gasteiger partial charge in [0, 0.05) is 13.0 Å². The fourth-order valence-electron chi connectivity index (χ4n) is 1.60. The fourth-order valence-corrected chi connectivity index (χ4v) is 2.07. The molecule has 0 radical (unpaired) electrons. The molecule has 2 aromatic heterocycles. The SMILES string of the molecule is CCCn1ncnc1CC(NN)c1cnsn1. The van der Waals surface area contributed by atoms with Gasteiger partial charge in [0.25, 0.3) is 0 Å². The summed E-state index contributed by atoms with van der Waals surface area (Å²) in [5.74, 6) is 6.44. The Morgan fingerprint density at radius 2 is 2.47 bits per heavy atom. The van der Waals surface area contributed by atoms with E-state index in [1.54, 1.807) is 12.5 Å². The summed E-state index contributed by atoms with van der Waals surface area (Å²) in [6, 6.07) is -0.0754. The average Bonchev–Trinajstić information content (AvgIpc) is 2.97. The van der Waals surface area contributed by atoms with Crippen molar-refractivity contribution >= 4 is 11.7 Å². The molecule has 0 spiro atoms. The molecule has 0 bridgehead atoms. The van der Waals surface area contributed by atoms with Crippen LogP contribution in [0.5, 0.6) is 0 Å². The van der Waals surface area contributed by atoms with E-state index < -0.39 is 0 Å². The first kappa shape index (κ1) is 12.1. The summed E-state index contributed by atoms with van der Waals surface area (Å²) in [5, 5.41) is 4.18. The van der Waals surface area contributed by atoms with E-state index in [0.29, 0.717) is 6.42 Å². The maximum absolute atomic E-state index is 5.53. The van der Waals surface area contributed by atoms with Crippen molar-refractivity contribution in [1.82, 2.24) is 28.9 Å². The lowest BCUT2D eigenvalue weighted by atomic mass is 10.1. The fraction of sp³-hybridized carbons (Fsp3) is 0.556. The van der Waals surface area contributed by atoms with E-state index in [1.807, 2.05) is 4.68 Å². The van der Waals surface area contributed by atoms with E-state index in [4.69, 9.17) is 5.84 Å². The van der Waals surface area contributed by atoms with Crippen molar-refractivity contribution in [2.45, 2.75) is 32.4 Å². The molecule has 2 aromatic rings. The standard InChI is InChI=1S/C9H15N7S/c1-2-3-16-9(11-6-12-16)4-7(14-10)8-5-13-17-15-8/h5-7,14H,2-4,10H2,1H3. The largest absolute Gasteiger partial charge is 0.271 e. The predicted octanol–water partition coefficient (Wildman–Crippen LogP) is 0.287. The van der Waals surface area contributed by atoms with E-state index in [9.17, 15) is 0 Å². The molecule has 0 aliphatic rings. The summed E-state index contributed by atoms with van der Waals surface area (Å²) in [5.41, 5.74) is 3.57. The summed E-state index contributed by atoms with van der Waals surface area (Å²) >= 11 is 1.17. The quantitative estimate of drug-likeness (QED) is 0.567. The van der Waals surface area contributed by atoms with Gasteiger partial charge in [0.05, 0.1) is 29.7 Å². The van der Waals surface area contributed by atoms with Crippen LogP contribution in [0.1, 0.15) is 30.9 Å². The molecular formula is C9H15N7S. The van der Waals surface area contributed by atoms with Crippen LogP contribution in [-0.2, 0) is 13.0 Å². The molecule has 1 unspecified atom stereocenters. The number of hydrogen-bond donors (Lipinski definition) is 2. The molecule has 1 atom stereocenters. The third-order valence-electron chi connectivity index (χ3n) is 2.45. The van der Waals surface area contributed by atoms with Crippen molar-refractivity contribution in [1.29, 1.82) is 0 Å². The Labute approximate surface area is 103 Å². The Hall–Kier alpha value is -1.38. The number of nitrogens with two attached hydrogens (primary N) is 1. The second-order valence-electron chi connectivity index (χ2n) is 3.66. The minimum absolute atomic E-state index is 0.0754. The van der Waals surface area contributed by atoms with E-state index in [0.717, 1.165) is 24.5 Å². The molecule has 0 aliphatic carbocycles. The van der Waals surface area contributed by atoms with Crippen LogP contribution < -0.4 is 11.3 Å². The number of hydrogen-bond acceptors (Lipinski definition) is 7. The molecule has 0 saturated heterocycles. The van der Waals surface area contributed by atoms with Gasteiger partial charge in [-0.05, 0) is 6.42 Å². The van der Waals surface area contributed by atoms with E-state index in [-0.39, 0.29) is 6.04 Å². The minimum atomic E-state index is -0.0754. The van der Waals surface area contributed by atoms with Crippen molar-refractivity contribution in [3.05, 3.63) is 24.0 Å². The Kier molecular flexibility index (Phi) is 4.13. The Morgan fingerprint density at radius 3 is 3.12 bits per heavy atom. The Balaban J connectivity index is 2.10. The van der Waals surface area contributed by atoms with Gasteiger partial charge in [-0.1, -0.05) is 6.92 Å². The number of aryl methyl sites for hydroxylation is 1. The zero-order valence-electron chi connectivity index (χ0n) is 9.58. The normalized spacial score (nSPS) is 12.8. The smallest absolute Gasteiger partial charge is 0.138 e. The van der Waals surface area contributed by atoms with Crippen LogP contribution in [0.2, 0.25) is 0 Å². The van der Waals surface area contributed by atoms with Crippen LogP contribution >= 0.6 is 11.7 Å². The zero-order chi connectivity index (χ0) is 12.1. The molecule has 2 rings (SSSR count). The van der Waals surface area contributed by atoms with Gasteiger partial charge in [-0.3, -0.25) is 16.0 Å². The van der Waals surface area contributed by atoms with Crippen molar-refractivity contribution in [2.75, 3.05) is 0 Å². The lowest BCUT2D eigenvalue weighted by molar-refractivity contribution is 0.493. The van der Waals surface area contributed by atoms with Gasteiger partial charge in [-0.2, -0.15) is 13.8 Å². The monoisotopic (exact) mass is 253 g/mol. The van der Waals surface area contributed by atoms with E-state index >= 15 is 0 Å². The summed E-state index contributed by atoms with van der Waals surface area (Å²) in [6.07, 6.45) is 4.96. The molecule has 7 nitrogen and oxygen atoms in total. The molecule has 2 heterocycles. The maximum Gasteiger partial charge on any atom is 0.138 e. The highest BCUT2D eigenvalue weighted by atomic mass is 32.1. The first-order valence-corrected chi connectivity index (χ1v) is 6.18. The predicted molar refractivity (Wildman–Crippen MR) is 64.0 cm³/mol. The Bertz CT molecular complexity index is 438. The van der Waals surface area contributed by atoms with Gasteiger partial charge in [0.15, 0.2) is 0 Å². The lowest BCUT2D eigenvalue weighted by Crippen LogP contribution is -2.30. The summed E-state index contributed by atoms with van der Waals surface area (Å²) in [4.78, 5) is 4.24. The molecule has 17 heavy (non-hydrogen) atoms. The number of nitrogens with zero attached hydrogens (tertiary/aromatic N) is 5. The number of aromatic nitrogens is 5.